The maximum absolute atomic E-state index is 12.7. The molecule has 2 atom stereocenters. The molecule has 6 nitrogen and oxygen atoms in total. The molecular weight excluding hydrogens is 378 g/mol. The second-order valence-corrected chi connectivity index (χ2v) is 8.52. The number of carbonyl (C=O) groups is 1. The molecule has 28 heavy (non-hydrogen) atoms. The van der Waals surface area contributed by atoms with E-state index in [4.69, 9.17) is 9.47 Å². The van der Waals surface area contributed by atoms with Gasteiger partial charge in [0.2, 0.25) is 0 Å². The van der Waals surface area contributed by atoms with Crippen molar-refractivity contribution in [3.8, 4) is 11.5 Å². The minimum absolute atomic E-state index is 0.211. The van der Waals surface area contributed by atoms with Gasteiger partial charge in [-0.25, -0.2) is 8.42 Å². The van der Waals surface area contributed by atoms with Crippen LogP contribution in [-0.2, 0) is 14.6 Å². The number of methoxy groups -OCH3 is 1. The molecule has 2 rings (SSSR count). The third kappa shape index (κ3) is 5.73. The van der Waals surface area contributed by atoms with Crippen molar-refractivity contribution in [2.75, 3.05) is 13.4 Å². The van der Waals surface area contributed by atoms with Crippen molar-refractivity contribution in [1.29, 1.82) is 0 Å². The summed E-state index contributed by atoms with van der Waals surface area (Å²) in [6.07, 6.45) is 1.73. The molecule has 0 spiro atoms. The Kier molecular flexibility index (Phi) is 7.45. The molecule has 152 valence electrons. The number of hydrogen-bond acceptors (Lipinski definition) is 5. The van der Waals surface area contributed by atoms with Gasteiger partial charge in [0.15, 0.2) is 15.9 Å². The van der Waals surface area contributed by atoms with Crippen molar-refractivity contribution in [2.45, 2.75) is 43.7 Å². The lowest BCUT2D eigenvalue weighted by Gasteiger charge is -2.22. The van der Waals surface area contributed by atoms with Crippen LogP contribution in [0.2, 0.25) is 0 Å². The molecular formula is C21H27NO5S. The normalized spacial score (nSPS) is 13.4. The average molecular weight is 406 g/mol. The van der Waals surface area contributed by atoms with Gasteiger partial charge in [-0.15, -0.1) is 0 Å². The van der Waals surface area contributed by atoms with E-state index in [0.29, 0.717) is 24.3 Å². The zero-order valence-electron chi connectivity index (χ0n) is 16.6. The van der Waals surface area contributed by atoms with Gasteiger partial charge in [0.05, 0.1) is 18.0 Å². The van der Waals surface area contributed by atoms with E-state index in [1.807, 2.05) is 13.8 Å². The first-order valence-corrected chi connectivity index (χ1v) is 11.1. The Labute approximate surface area is 166 Å². The van der Waals surface area contributed by atoms with Gasteiger partial charge in [0.1, 0.15) is 11.5 Å². The number of amides is 1. The molecule has 1 amide bonds. The standard InChI is InChI=1S/C21H27NO5S/c1-5-19(15-7-13-18(14-8-15)28(4,24)25)22-21(23)20(6-2)27-17-11-9-16(26-3)10-12-17/h7-14,19-20H,5-6H2,1-4H3,(H,22,23). The van der Waals surface area contributed by atoms with Crippen LogP contribution >= 0.6 is 0 Å². The van der Waals surface area contributed by atoms with E-state index >= 15 is 0 Å². The summed E-state index contributed by atoms with van der Waals surface area (Å²) >= 11 is 0. The van der Waals surface area contributed by atoms with E-state index in [9.17, 15) is 13.2 Å². The molecule has 2 aromatic carbocycles. The molecule has 0 saturated heterocycles. The smallest absolute Gasteiger partial charge is 0.261 e. The summed E-state index contributed by atoms with van der Waals surface area (Å²) < 4.78 is 34.2. The lowest BCUT2D eigenvalue weighted by atomic mass is 10.0. The molecule has 0 aromatic heterocycles. The van der Waals surface area contributed by atoms with Crippen molar-refractivity contribution in [3.63, 3.8) is 0 Å². The van der Waals surface area contributed by atoms with Crippen molar-refractivity contribution in [2.24, 2.45) is 0 Å². The number of sulfone groups is 1. The van der Waals surface area contributed by atoms with E-state index in [-0.39, 0.29) is 16.8 Å². The van der Waals surface area contributed by atoms with Crippen molar-refractivity contribution >= 4 is 15.7 Å². The minimum Gasteiger partial charge on any atom is -0.497 e. The third-order valence-corrected chi connectivity index (χ3v) is 5.56. The van der Waals surface area contributed by atoms with Gasteiger partial charge >= 0.3 is 0 Å². The Morgan fingerprint density at radius 1 is 0.964 bits per heavy atom. The van der Waals surface area contributed by atoms with Gasteiger partial charge < -0.3 is 14.8 Å². The zero-order chi connectivity index (χ0) is 20.7. The first-order chi connectivity index (χ1) is 13.3. The summed E-state index contributed by atoms with van der Waals surface area (Å²) in [4.78, 5) is 13.0. The lowest BCUT2D eigenvalue weighted by Crippen LogP contribution is -2.39. The number of nitrogens with one attached hydrogen (secondary N) is 1. The SMILES string of the molecule is CCC(Oc1ccc(OC)cc1)C(=O)NC(CC)c1ccc(S(C)(=O)=O)cc1. The lowest BCUT2D eigenvalue weighted by molar-refractivity contribution is -0.128. The number of ether oxygens (including phenoxy) is 2. The van der Waals surface area contributed by atoms with Gasteiger partial charge in [-0.1, -0.05) is 26.0 Å². The van der Waals surface area contributed by atoms with Gasteiger partial charge in [0.25, 0.3) is 5.91 Å². The molecule has 0 aliphatic rings. The molecule has 2 unspecified atom stereocenters. The van der Waals surface area contributed by atoms with Crippen molar-refractivity contribution in [3.05, 3.63) is 54.1 Å². The Hall–Kier alpha value is -2.54. The Morgan fingerprint density at radius 2 is 1.54 bits per heavy atom. The van der Waals surface area contributed by atoms with Crippen LogP contribution in [0.4, 0.5) is 0 Å². The number of hydrogen-bond donors (Lipinski definition) is 1. The van der Waals surface area contributed by atoms with Crippen LogP contribution in [0.3, 0.4) is 0 Å². The van der Waals surface area contributed by atoms with E-state index in [2.05, 4.69) is 5.32 Å². The molecule has 0 fully saturated rings. The highest BCUT2D eigenvalue weighted by Crippen LogP contribution is 2.22. The molecule has 2 aromatic rings. The molecule has 0 radical (unpaired) electrons. The van der Waals surface area contributed by atoms with E-state index in [0.717, 1.165) is 5.56 Å². The van der Waals surface area contributed by atoms with Crippen LogP contribution in [-0.4, -0.2) is 33.8 Å². The summed E-state index contributed by atoms with van der Waals surface area (Å²) in [7, 11) is -1.66. The van der Waals surface area contributed by atoms with Gasteiger partial charge in [-0.3, -0.25) is 4.79 Å². The molecule has 0 aliphatic heterocycles. The van der Waals surface area contributed by atoms with Crippen LogP contribution in [0.1, 0.15) is 38.3 Å². The second-order valence-electron chi connectivity index (χ2n) is 6.50. The summed E-state index contributed by atoms with van der Waals surface area (Å²) in [5.41, 5.74) is 0.850. The zero-order valence-corrected chi connectivity index (χ0v) is 17.5. The van der Waals surface area contributed by atoms with E-state index in [1.165, 1.54) is 6.26 Å². The highest BCUT2D eigenvalue weighted by atomic mass is 32.2. The number of rotatable bonds is 9. The molecule has 1 N–H and O–H groups in total. The van der Waals surface area contributed by atoms with Gasteiger partial charge in [-0.2, -0.15) is 0 Å². The molecule has 0 saturated carbocycles. The van der Waals surface area contributed by atoms with Gasteiger partial charge in [-0.05, 0) is 54.8 Å². The van der Waals surface area contributed by atoms with Crippen LogP contribution in [0.25, 0.3) is 0 Å². The maximum Gasteiger partial charge on any atom is 0.261 e. The van der Waals surface area contributed by atoms with Crippen molar-refractivity contribution < 1.29 is 22.7 Å². The summed E-state index contributed by atoms with van der Waals surface area (Å²) in [6, 6.07) is 13.4. The van der Waals surface area contributed by atoms with Crippen LogP contribution in [0.15, 0.2) is 53.4 Å². The largest absolute Gasteiger partial charge is 0.497 e. The number of benzene rings is 2. The van der Waals surface area contributed by atoms with Crippen LogP contribution in [0.5, 0.6) is 11.5 Å². The fraction of sp³-hybridized carbons (Fsp3) is 0.381. The monoisotopic (exact) mass is 405 g/mol. The highest BCUT2D eigenvalue weighted by molar-refractivity contribution is 7.90. The molecule has 0 bridgehead atoms. The second kappa shape index (κ2) is 9.59. The Balaban J connectivity index is 2.07. The van der Waals surface area contributed by atoms with Crippen LogP contribution < -0.4 is 14.8 Å². The molecule has 0 heterocycles. The summed E-state index contributed by atoms with van der Waals surface area (Å²) in [5, 5.41) is 3.00. The van der Waals surface area contributed by atoms with E-state index < -0.39 is 15.9 Å². The minimum atomic E-state index is -3.25. The Bertz CT molecular complexity index is 876. The quantitative estimate of drug-likeness (QED) is 0.690. The summed E-state index contributed by atoms with van der Waals surface area (Å²) in [6.45, 7) is 3.84. The first kappa shape index (κ1) is 21.8. The predicted molar refractivity (Wildman–Crippen MR) is 108 cm³/mol. The highest BCUT2D eigenvalue weighted by Gasteiger charge is 2.22. The predicted octanol–water partition coefficient (Wildman–Crippen LogP) is 3.52. The Morgan fingerprint density at radius 3 is 2.00 bits per heavy atom. The number of carbonyl (C=O) groups excluding carboxylic acids is 1. The maximum atomic E-state index is 12.7. The average Bonchev–Trinajstić information content (AvgIpc) is 2.70. The fourth-order valence-corrected chi connectivity index (χ4v) is 3.40. The molecule has 0 aliphatic carbocycles. The third-order valence-electron chi connectivity index (χ3n) is 4.44. The fourth-order valence-electron chi connectivity index (χ4n) is 2.77. The van der Waals surface area contributed by atoms with Crippen molar-refractivity contribution in [1.82, 2.24) is 5.32 Å². The topological polar surface area (TPSA) is 81.7 Å². The van der Waals surface area contributed by atoms with Crippen LogP contribution in [0, 0.1) is 0 Å². The first-order valence-electron chi connectivity index (χ1n) is 9.19. The summed E-state index contributed by atoms with van der Waals surface area (Å²) in [5.74, 6) is 1.10. The van der Waals surface area contributed by atoms with Gasteiger partial charge in [0, 0.05) is 6.26 Å². The molecule has 7 heteroatoms. The van der Waals surface area contributed by atoms with E-state index in [1.54, 1.807) is 55.6 Å².